The van der Waals surface area contributed by atoms with E-state index in [4.69, 9.17) is 9.05 Å². The number of H-pyrrole nitrogens is 3. The first-order valence-corrected chi connectivity index (χ1v) is 23.9. The Bertz CT molecular complexity index is 2800. The van der Waals surface area contributed by atoms with Crippen molar-refractivity contribution in [3.63, 3.8) is 0 Å². The van der Waals surface area contributed by atoms with Crippen LogP contribution in [0.5, 0.6) is 0 Å². The zero-order valence-electron chi connectivity index (χ0n) is 43.1. The molecular formula is C54H64N16O2. The third-order valence-electron chi connectivity index (χ3n) is 10.4. The molecule has 8 aromatic heterocycles. The molecule has 0 aliphatic carbocycles. The summed E-state index contributed by atoms with van der Waals surface area (Å²) >= 11 is 0. The van der Waals surface area contributed by atoms with Crippen molar-refractivity contribution in [3.8, 4) is 57.1 Å². The lowest BCUT2D eigenvalue weighted by atomic mass is 10.1. The topological polar surface area (TPSA) is 241 Å². The first-order chi connectivity index (χ1) is 34.6. The number of aryl methyl sites for hydroxylation is 2. The van der Waals surface area contributed by atoms with Crippen LogP contribution in [-0.4, -0.2) is 80.8 Å². The van der Waals surface area contributed by atoms with Gasteiger partial charge in [-0.25, -0.2) is 15.0 Å². The van der Waals surface area contributed by atoms with Gasteiger partial charge < -0.3 is 9.05 Å². The van der Waals surface area contributed by atoms with Crippen molar-refractivity contribution in [2.45, 2.75) is 113 Å². The summed E-state index contributed by atoms with van der Waals surface area (Å²) in [6.07, 6.45) is 8.62. The molecule has 0 aliphatic heterocycles. The van der Waals surface area contributed by atoms with E-state index in [-0.39, 0.29) is 11.8 Å². The molecule has 72 heavy (non-hydrogen) atoms. The molecule has 0 saturated carbocycles. The first kappa shape index (κ1) is 53.0. The molecule has 0 saturated heterocycles. The van der Waals surface area contributed by atoms with Gasteiger partial charge in [0.25, 0.3) is 11.8 Å². The van der Waals surface area contributed by atoms with Gasteiger partial charge in [0, 0.05) is 88.5 Å². The van der Waals surface area contributed by atoms with E-state index >= 15 is 0 Å². The first-order valence-electron chi connectivity index (χ1n) is 23.9. The molecular weight excluding hydrogens is 905 g/mol. The second-order valence-corrected chi connectivity index (χ2v) is 18.2. The largest absolute Gasteiger partial charge is 0.334 e. The number of aromatic nitrogens is 16. The fraction of sp³-hybridized carbons (Fsp3) is 0.315. The summed E-state index contributed by atoms with van der Waals surface area (Å²) in [5, 5.41) is 29.1. The quantitative estimate of drug-likeness (QED) is 0.115. The van der Waals surface area contributed by atoms with Crippen molar-refractivity contribution in [2.75, 3.05) is 0 Å². The van der Waals surface area contributed by atoms with Gasteiger partial charge in [-0.15, -0.1) is 0 Å². The van der Waals surface area contributed by atoms with E-state index in [1.807, 2.05) is 113 Å². The second-order valence-electron chi connectivity index (χ2n) is 18.2. The number of nitrogens with one attached hydrogen (secondary N) is 3. The van der Waals surface area contributed by atoms with E-state index in [0.717, 1.165) is 80.1 Å². The monoisotopic (exact) mass is 969 g/mol. The number of aromatic amines is 3. The Morgan fingerprint density at radius 1 is 0.389 bits per heavy atom. The minimum Gasteiger partial charge on any atom is -0.334 e. The van der Waals surface area contributed by atoms with E-state index in [1.54, 1.807) is 31.0 Å². The Hall–Kier alpha value is -8.41. The predicted octanol–water partition coefficient (Wildman–Crippen LogP) is 12.3. The van der Waals surface area contributed by atoms with Gasteiger partial charge in [-0.3, -0.25) is 30.2 Å². The van der Waals surface area contributed by atoms with Crippen LogP contribution in [0, 0.1) is 13.8 Å². The molecule has 0 aliphatic rings. The van der Waals surface area contributed by atoms with Crippen LogP contribution in [0.15, 0.2) is 131 Å². The summed E-state index contributed by atoms with van der Waals surface area (Å²) in [5.74, 6) is 9.32. The Balaban J connectivity index is 0.000000147. The van der Waals surface area contributed by atoms with Crippen molar-refractivity contribution in [1.82, 2.24) is 80.8 Å². The summed E-state index contributed by atoms with van der Waals surface area (Å²) < 4.78 is 10.3. The van der Waals surface area contributed by atoms with Crippen LogP contribution in [0.2, 0.25) is 0 Å². The summed E-state index contributed by atoms with van der Waals surface area (Å²) in [6, 6.07) is 29.5. The van der Waals surface area contributed by atoms with Crippen LogP contribution in [-0.2, 0) is 0 Å². The van der Waals surface area contributed by atoms with Crippen molar-refractivity contribution >= 4 is 0 Å². The standard InChI is InChI=1S/C12H15N3.C11H13N3O.C11H13N3.C10H12N4.C10H11N3O/c1-8(2)11-13-12(15-14-11)10-6-4-9(3)5-7-10;1-7(2)10-13-11(15-14-10)9-5-4-8(3)12-6-9;1-8(2)10-12-11(14-13-10)9-6-4-3-5-7-9;2*1-7(2)9-12-10(14-13-9)8-3-5-11-6-4-8/h4-8H,1-3H3,(H,13,14,15);4-7H,1-3H3;3-8H,1-2H3,(H,12,13,14);3-7H,1-2H3,(H,12,13,14);3-7H,1-2H3. The number of hydrogen-bond acceptors (Lipinski definition) is 15. The van der Waals surface area contributed by atoms with Crippen molar-refractivity contribution < 1.29 is 9.05 Å². The molecule has 0 radical (unpaired) electrons. The maximum Gasteiger partial charge on any atom is 0.259 e. The maximum atomic E-state index is 5.15. The number of hydrogen-bond donors (Lipinski definition) is 3. The molecule has 0 unspecified atom stereocenters. The lowest BCUT2D eigenvalue weighted by Gasteiger charge is -1.96. The minimum atomic E-state index is 0.279. The number of rotatable bonds is 10. The summed E-state index contributed by atoms with van der Waals surface area (Å²) in [6.45, 7) is 24.7. The number of benzene rings is 2. The van der Waals surface area contributed by atoms with Gasteiger partial charge in [0.15, 0.2) is 29.1 Å². The molecule has 2 aromatic carbocycles. The zero-order valence-corrected chi connectivity index (χ0v) is 43.1. The third kappa shape index (κ3) is 15.5. The molecule has 0 bridgehead atoms. The molecule has 0 amide bonds. The van der Waals surface area contributed by atoms with Crippen LogP contribution in [0.25, 0.3) is 57.1 Å². The van der Waals surface area contributed by atoms with E-state index in [0.29, 0.717) is 29.5 Å². The van der Waals surface area contributed by atoms with Crippen LogP contribution in [0.4, 0.5) is 0 Å². The highest BCUT2D eigenvalue weighted by Crippen LogP contribution is 2.22. The normalized spacial score (nSPS) is 10.8. The Morgan fingerprint density at radius 3 is 1.15 bits per heavy atom. The highest BCUT2D eigenvalue weighted by molar-refractivity contribution is 5.56. The van der Waals surface area contributed by atoms with E-state index in [9.17, 15) is 0 Å². The molecule has 0 spiro atoms. The van der Waals surface area contributed by atoms with Gasteiger partial charge in [-0.2, -0.15) is 25.3 Å². The van der Waals surface area contributed by atoms with Crippen molar-refractivity contribution in [2.24, 2.45) is 0 Å². The van der Waals surface area contributed by atoms with E-state index in [2.05, 4.69) is 141 Å². The van der Waals surface area contributed by atoms with Gasteiger partial charge in [-0.1, -0.05) is 140 Å². The summed E-state index contributed by atoms with van der Waals surface area (Å²) in [5.41, 5.74) is 7.09. The Labute approximate surface area is 420 Å². The van der Waals surface area contributed by atoms with E-state index < -0.39 is 0 Å². The van der Waals surface area contributed by atoms with Crippen LogP contribution in [0.1, 0.15) is 139 Å². The molecule has 372 valence electrons. The fourth-order valence-corrected chi connectivity index (χ4v) is 6.04. The molecule has 10 rings (SSSR count). The van der Waals surface area contributed by atoms with Gasteiger partial charge in [0.05, 0.1) is 5.56 Å². The molecule has 18 heteroatoms. The average molecular weight is 969 g/mol. The minimum absolute atomic E-state index is 0.279. The average Bonchev–Trinajstić information content (AvgIpc) is 4.26. The molecule has 0 fully saturated rings. The Morgan fingerprint density at radius 2 is 0.778 bits per heavy atom. The molecule has 10 aromatic rings. The third-order valence-corrected chi connectivity index (χ3v) is 10.4. The molecule has 3 N–H and O–H groups in total. The van der Waals surface area contributed by atoms with Gasteiger partial charge in [0.1, 0.15) is 17.5 Å². The molecule has 18 nitrogen and oxygen atoms in total. The highest BCUT2D eigenvalue weighted by Gasteiger charge is 2.13. The second kappa shape index (κ2) is 26.0. The smallest absolute Gasteiger partial charge is 0.259 e. The summed E-state index contributed by atoms with van der Waals surface area (Å²) in [7, 11) is 0. The highest BCUT2D eigenvalue weighted by atomic mass is 16.5. The molecule has 0 atom stereocenters. The van der Waals surface area contributed by atoms with Gasteiger partial charge >= 0.3 is 0 Å². The number of pyridine rings is 3. The Kier molecular flexibility index (Phi) is 19.1. The summed E-state index contributed by atoms with van der Waals surface area (Å²) in [4.78, 5) is 33.9. The van der Waals surface area contributed by atoms with Crippen LogP contribution in [0.3, 0.4) is 0 Å². The van der Waals surface area contributed by atoms with Crippen LogP contribution >= 0.6 is 0 Å². The van der Waals surface area contributed by atoms with Gasteiger partial charge in [0.2, 0.25) is 0 Å². The van der Waals surface area contributed by atoms with Crippen molar-refractivity contribution in [3.05, 3.63) is 162 Å². The molecule has 8 heterocycles. The van der Waals surface area contributed by atoms with Crippen molar-refractivity contribution in [1.29, 1.82) is 0 Å². The zero-order chi connectivity index (χ0) is 51.6. The maximum absolute atomic E-state index is 5.15. The van der Waals surface area contributed by atoms with E-state index in [1.165, 1.54) is 5.56 Å². The van der Waals surface area contributed by atoms with Gasteiger partial charge in [-0.05, 0) is 50.2 Å². The predicted molar refractivity (Wildman–Crippen MR) is 278 cm³/mol. The lowest BCUT2D eigenvalue weighted by molar-refractivity contribution is 0.419. The lowest BCUT2D eigenvalue weighted by Crippen LogP contribution is -1.89. The number of nitrogens with zero attached hydrogens (tertiary/aromatic N) is 13. The van der Waals surface area contributed by atoms with Crippen LogP contribution < -0.4 is 0 Å². The SMILES string of the molecule is CC(C)c1nc(-c2ccccc2)n[nH]1.CC(C)c1nc(-c2ccncc2)n[nH]1.CC(C)c1noc(-c2ccncc2)n1.Cc1ccc(-c2n[nH]c(C(C)C)n2)cc1.Cc1ccc(-c2nc(C(C)C)no2)cn1. The fourth-order valence-electron chi connectivity index (χ4n) is 6.04.